The van der Waals surface area contributed by atoms with Gasteiger partial charge in [0.25, 0.3) is 0 Å². The van der Waals surface area contributed by atoms with Gasteiger partial charge in [0.1, 0.15) is 8.51 Å². The van der Waals surface area contributed by atoms with Crippen LogP contribution in [0.25, 0.3) is 0 Å². The summed E-state index contributed by atoms with van der Waals surface area (Å²) >= 11 is 0. The summed E-state index contributed by atoms with van der Waals surface area (Å²) in [5.41, 5.74) is 0. The Morgan fingerprint density at radius 3 is 2.00 bits per heavy atom. The van der Waals surface area contributed by atoms with Crippen LogP contribution in [0.15, 0.2) is 0 Å². The Morgan fingerprint density at radius 2 is 2.00 bits per heavy atom. The average molecular weight is 287 g/mol. The molecule has 1 atom stereocenters. The van der Waals surface area contributed by atoms with Crippen molar-refractivity contribution < 1.29 is 21.1 Å². The van der Waals surface area contributed by atoms with Gasteiger partial charge in [0.05, 0.1) is 0 Å². The molecule has 0 saturated carbocycles. The maximum atomic E-state index is 3.81. The summed E-state index contributed by atoms with van der Waals surface area (Å²) in [4.78, 5) is 0. The molecule has 0 radical (unpaired) electrons. The molecule has 0 aliphatic heterocycles. The van der Waals surface area contributed by atoms with Gasteiger partial charge in [-0.05, 0) is 0 Å². The Bertz CT molecular complexity index is 49.4. The number of nitrogens with zero attached hydrogens (tertiary/aromatic N) is 1. The molecule has 32 valence electrons. The SMILES string of the molecule is [Pt].n1p[nH][pH]1. The summed E-state index contributed by atoms with van der Waals surface area (Å²) in [7, 11) is 1.75. The number of hydrogen-bond acceptors (Lipinski definition) is 1. The minimum atomic E-state index is 0. The third-order valence-corrected chi connectivity index (χ3v) is 1.80. The molecule has 1 heterocycles. The van der Waals surface area contributed by atoms with Gasteiger partial charge in [-0.2, -0.15) is 4.51 Å². The molecule has 0 aromatic carbocycles. The van der Waals surface area contributed by atoms with Crippen molar-refractivity contribution in [2.24, 2.45) is 0 Å². The molecule has 0 fully saturated rings. The van der Waals surface area contributed by atoms with Gasteiger partial charge in [-0.25, -0.2) is 0 Å². The molecule has 2 nitrogen and oxygen atoms in total. The van der Waals surface area contributed by atoms with E-state index in [4.69, 9.17) is 0 Å². The Hall–Kier alpha value is 0.888. The fourth-order valence-corrected chi connectivity index (χ4v) is 0.450. The molecular formula is H2N2P2Pt. The summed E-state index contributed by atoms with van der Waals surface area (Å²) in [5.74, 6) is 0. The van der Waals surface area contributed by atoms with Gasteiger partial charge >= 0.3 is 0 Å². The first-order valence-electron chi connectivity index (χ1n) is 0.897. The molecule has 1 aromatic rings. The molecule has 1 rings (SSSR count). The van der Waals surface area contributed by atoms with Crippen LogP contribution in [-0.4, -0.2) is 9.02 Å². The van der Waals surface area contributed by atoms with Crippen molar-refractivity contribution in [3.05, 3.63) is 0 Å². The van der Waals surface area contributed by atoms with Crippen molar-refractivity contribution in [1.29, 1.82) is 0 Å². The van der Waals surface area contributed by atoms with Crippen LogP contribution in [0.2, 0.25) is 0 Å². The van der Waals surface area contributed by atoms with Gasteiger partial charge < -0.3 is 4.51 Å². The van der Waals surface area contributed by atoms with E-state index in [1.165, 1.54) is 0 Å². The molecular weight excluding hydrogens is 285 g/mol. The van der Waals surface area contributed by atoms with Crippen molar-refractivity contribution in [2.75, 3.05) is 0 Å². The van der Waals surface area contributed by atoms with E-state index in [2.05, 4.69) is 9.02 Å². The number of nitrogens with one attached hydrogen (secondary N) is 1. The summed E-state index contributed by atoms with van der Waals surface area (Å²) in [6.07, 6.45) is 0. The van der Waals surface area contributed by atoms with E-state index >= 15 is 0 Å². The van der Waals surface area contributed by atoms with Crippen molar-refractivity contribution in [2.45, 2.75) is 0 Å². The average Bonchev–Trinajstić information content (AvgIpc) is 0.722. The largest absolute Gasteiger partial charge is 0.300 e. The van der Waals surface area contributed by atoms with Crippen LogP contribution in [0, 0.1) is 0 Å². The van der Waals surface area contributed by atoms with Crippen LogP contribution in [0.1, 0.15) is 0 Å². The monoisotopic (exact) mass is 287 g/mol. The van der Waals surface area contributed by atoms with E-state index in [0.29, 0.717) is 8.51 Å². The van der Waals surface area contributed by atoms with Crippen LogP contribution in [0.5, 0.6) is 0 Å². The van der Waals surface area contributed by atoms with Gasteiger partial charge in [-0.15, -0.1) is 0 Å². The van der Waals surface area contributed by atoms with Gasteiger partial charge in [-0.1, -0.05) is 0 Å². The maximum absolute atomic E-state index is 3.81. The molecule has 5 heavy (non-hydrogen) atoms. The first-order valence-corrected chi connectivity index (χ1v) is 2.69. The molecule has 0 amide bonds. The van der Waals surface area contributed by atoms with Crippen LogP contribution in [0.3, 0.4) is 0 Å². The molecule has 0 aliphatic carbocycles. The maximum Gasteiger partial charge on any atom is 0.138 e. The second kappa shape index (κ2) is 3.09. The van der Waals surface area contributed by atoms with Gasteiger partial charge in [-0.3, -0.25) is 0 Å². The van der Waals surface area contributed by atoms with Gasteiger partial charge in [0, 0.05) is 29.6 Å². The first-order chi connectivity index (χ1) is 2.00. The Kier molecular flexibility index (Phi) is 3.64. The van der Waals surface area contributed by atoms with Crippen molar-refractivity contribution in [3.63, 3.8) is 0 Å². The normalized spacial score (nSPS) is 9.60. The van der Waals surface area contributed by atoms with Crippen LogP contribution in [0.4, 0.5) is 0 Å². The van der Waals surface area contributed by atoms with Gasteiger partial charge in [0.15, 0.2) is 0 Å². The molecule has 1 aromatic heterocycles. The number of hydrogen-bond donors (Lipinski definition) is 1. The first kappa shape index (κ1) is 5.89. The second-order valence-electron chi connectivity index (χ2n) is 0.424. The van der Waals surface area contributed by atoms with Gasteiger partial charge in [0.2, 0.25) is 0 Å². The summed E-state index contributed by atoms with van der Waals surface area (Å²) in [6, 6.07) is 0. The van der Waals surface area contributed by atoms with Crippen LogP contribution < -0.4 is 0 Å². The number of rotatable bonds is 0. The van der Waals surface area contributed by atoms with Crippen molar-refractivity contribution in [1.82, 2.24) is 9.02 Å². The van der Waals surface area contributed by atoms with Crippen LogP contribution in [-0.2, 0) is 21.1 Å². The van der Waals surface area contributed by atoms with Crippen LogP contribution >= 0.6 is 17.0 Å². The third-order valence-electron chi connectivity index (χ3n) is 0.200. The molecule has 0 bridgehead atoms. The van der Waals surface area contributed by atoms with Crippen molar-refractivity contribution in [3.8, 4) is 0 Å². The fourth-order valence-electron chi connectivity index (χ4n) is 0.0500. The smallest absolute Gasteiger partial charge is 0.138 e. The van der Waals surface area contributed by atoms with Crippen molar-refractivity contribution >= 4 is 17.0 Å². The second-order valence-corrected chi connectivity index (χ2v) is 2.54. The predicted molar refractivity (Wildman–Crippen MR) is 20.6 cm³/mol. The standard InChI is InChI=1S/H2N2P2.Pt/c1-3-2-4-1;/h3H,(H,1,2);. The third kappa shape index (κ3) is 1.71. The summed E-state index contributed by atoms with van der Waals surface area (Å²) in [6.45, 7) is 0. The van der Waals surface area contributed by atoms with E-state index < -0.39 is 0 Å². The van der Waals surface area contributed by atoms with E-state index in [1.54, 1.807) is 0 Å². The minimum absolute atomic E-state index is 0. The Balaban J connectivity index is 0.000000160. The molecule has 0 aliphatic rings. The van der Waals surface area contributed by atoms with E-state index in [1.807, 2.05) is 0 Å². The number of H-pyrrole nitrogens is 1. The molecule has 0 saturated heterocycles. The number of aromatic amines is 1. The van der Waals surface area contributed by atoms with E-state index in [9.17, 15) is 0 Å². The zero-order valence-electron chi connectivity index (χ0n) is 2.21. The molecule has 1 N–H and O–H groups in total. The quantitative estimate of drug-likeness (QED) is 0.758. The Morgan fingerprint density at radius 1 is 1.80 bits per heavy atom. The topological polar surface area (TPSA) is 28.7 Å². The Labute approximate surface area is 47.5 Å². The summed E-state index contributed by atoms with van der Waals surface area (Å²) < 4.78 is 6.75. The van der Waals surface area contributed by atoms with E-state index in [-0.39, 0.29) is 21.1 Å². The zero-order valence-corrected chi connectivity index (χ0v) is 6.38. The van der Waals surface area contributed by atoms with E-state index in [0.717, 1.165) is 8.51 Å². The minimum Gasteiger partial charge on any atom is -0.300 e. The number of aromatic nitrogens is 2. The fraction of sp³-hybridized carbons (Fsp3) is 0. The zero-order chi connectivity index (χ0) is 2.83. The molecule has 5 heteroatoms. The summed E-state index contributed by atoms with van der Waals surface area (Å²) in [5, 5.41) is 0. The molecule has 0 spiro atoms. The predicted octanol–water partition coefficient (Wildman–Crippen LogP) is 1.02. The molecule has 1 unspecified atom stereocenters.